The number of nitrogens with one attached hydrogen (secondary N) is 1. The van der Waals surface area contributed by atoms with E-state index in [1.54, 1.807) is 32.4 Å². The lowest BCUT2D eigenvalue weighted by Crippen LogP contribution is -2.07. The number of benzene rings is 2. The molecule has 2 aromatic carbocycles. The fraction of sp³-hybridized carbons (Fsp3) is 0.200. The third kappa shape index (κ3) is 2.74. The van der Waals surface area contributed by atoms with Crippen LogP contribution in [0.25, 0.3) is 11.1 Å². The highest BCUT2D eigenvalue weighted by Crippen LogP contribution is 2.30. The molecule has 0 unspecified atom stereocenters. The van der Waals surface area contributed by atoms with Crippen LogP contribution in [0.3, 0.4) is 0 Å². The Labute approximate surface area is 111 Å². The van der Waals surface area contributed by atoms with E-state index >= 15 is 0 Å². The average molecular weight is 263 g/mol. The Morgan fingerprint density at radius 2 is 1.89 bits per heavy atom. The number of methoxy groups -OCH3 is 1. The molecular formula is C15H15F2NO. The predicted molar refractivity (Wildman–Crippen MR) is 71.1 cm³/mol. The molecule has 1 N–H and O–H groups in total. The zero-order valence-electron chi connectivity index (χ0n) is 10.8. The number of hydrogen-bond acceptors (Lipinski definition) is 2. The first kappa shape index (κ1) is 13.5. The van der Waals surface area contributed by atoms with Gasteiger partial charge in [-0.3, -0.25) is 0 Å². The van der Waals surface area contributed by atoms with Gasteiger partial charge >= 0.3 is 0 Å². The van der Waals surface area contributed by atoms with Crippen molar-refractivity contribution in [1.82, 2.24) is 5.32 Å². The lowest BCUT2D eigenvalue weighted by molar-refractivity contribution is 0.414. The summed E-state index contributed by atoms with van der Waals surface area (Å²) in [6, 6.07) is 9.47. The van der Waals surface area contributed by atoms with Crippen molar-refractivity contribution in [3.63, 3.8) is 0 Å². The van der Waals surface area contributed by atoms with Crippen LogP contribution < -0.4 is 10.1 Å². The van der Waals surface area contributed by atoms with Crippen molar-refractivity contribution in [3.8, 4) is 16.9 Å². The Bertz CT molecular complexity index is 584. The van der Waals surface area contributed by atoms with Crippen molar-refractivity contribution in [1.29, 1.82) is 0 Å². The molecule has 0 bridgehead atoms. The van der Waals surface area contributed by atoms with E-state index in [1.165, 1.54) is 6.07 Å². The van der Waals surface area contributed by atoms with E-state index in [1.807, 2.05) is 6.07 Å². The van der Waals surface area contributed by atoms with Crippen molar-refractivity contribution in [3.05, 3.63) is 53.6 Å². The molecule has 0 aromatic heterocycles. The molecule has 0 amide bonds. The van der Waals surface area contributed by atoms with Gasteiger partial charge in [0.15, 0.2) is 11.6 Å². The summed E-state index contributed by atoms with van der Waals surface area (Å²) in [7, 11) is 3.37. The molecule has 2 aromatic rings. The van der Waals surface area contributed by atoms with Crippen molar-refractivity contribution in [2.75, 3.05) is 14.2 Å². The molecule has 2 nitrogen and oxygen atoms in total. The van der Waals surface area contributed by atoms with Crippen LogP contribution in [0.15, 0.2) is 36.4 Å². The van der Waals surface area contributed by atoms with E-state index in [0.29, 0.717) is 17.9 Å². The van der Waals surface area contributed by atoms with Crippen LogP contribution in [-0.4, -0.2) is 14.2 Å². The summed E-state index contributed by atoms with van der Waals surface area (Å²) in [5.74, 6) is -0.987. The molecule has 0 saturated carbocycles. The number of hydrogen-bond donors (Lipinski definition) is 1. The molecular weight excluding hydrogens is 248 g/mol. The Kier molecular flexibility index (Phi) is 4.12. The molecule has 0 radical (unpaired) electrons. The second-order valence-corrected chi connectivity index (χ2v) is 4.15. The van der Waals surface area contributed by atoms with Gasteiger partial charge in [-0.1, -0.05) is 18.2 Å². The van der Waals surface area contributed by atoms with E-state index in [4.69, 9.17) is 4.74 Å². The number of rotatable bonds is 4. The zero-order chi connectivity index (χ0) is 13.8. The normalized spacial score (nSPS) is 10.5. The van der Waals surface area contributed by atoms with Gasteiger partial charge < -0.3 is 10.1 Å². The Morgan fingerprint density at radius 1 is 1.11 bits per heavy atom. The van der Waals surface area contributed by atoms with Gasteiger partial charge in [0.05, 0.1) is 7.11 Å². The minimum Gasteiger partial charge on any atom is -0.497 e. The molecule has 0 fully saturated rings. The Hall–Kier alpha value is -1.94. The zero-order valence-corrected chi connectivity index (χ0v) is 10.8. The second kappa shape index (κ2) is 5.80. The van der Waals surface area contributed by atoms with Crippen molar-refractivity contribution in [2.45, 2.75) is 6.54 Å². The standard InChI is InChI=1S/C15H15F2NO/c1-18-9-10-8-11(19-2)6-7-12(10)13-4-3-5-14(16)15(13)17/h3-8,18H,9H2,1-2H3. The molecule has 2 rings (SSSR count). The highest BCUT2D eigenvalue weighted by Gasteiger charge is 2.13. The molecule has 0 atom stereocenters. The summed E-state index contributed by atoms with van der Waals surface area (Å²) in [4.78, 5) is 0. The summed E-state index contributed by atoms with van der Waals surface area (Å²) < 4.78 is 32.3. The predicted octanol–water partition coefficient (Wildman–Crippen LogP) is 3.36. The molecule has 0 aliphatic rings. The maximum Gasteiger partial charge on any atom is 0.166 e. The fourth-order valence-electron chi connectivity index (χ4n) is 2.01. The van der Waals surface area contributed by atoms with Crippen LogP contribution in [0, 0.1) is 11.6 Å². The lowest BCUT2D eigenvalue weighted by atomic mass is 9.98. The highest BCUT2D eigenvalue weighted by atomic mass is 19.2. The molecule has 19 heavy (non-hydrogen) atoms. The topological polar surface area (TPSA) is 21.3 Å². The first-order valence-corrected chi connectivity index (χ1v) is 5.93. The molecule has 0 saturated heterocycles. The van der Waals surface area contributed by atoms with Crippen LogP contribution in [0.5, 0.6) is 5.75 Å². The smallest absolute Gasteiger partial charge is 0.166 e. The van der Waals surface area contributed by atoms with Gasteiger partial charge in [-0.05, 0) is 36.4 Å². The van der Waals surface area contributed by atoms with Crippen molar-refractivity contribution >= 4 is 0 Å². The average Bonchev–Trinajstić information content (AvgIpc) is 2.42. The van der Waals surface area contributed by atoms with E-state index < -0.39 is 11.6 Å². The van der Waals surface area contributed by atoms with Crippen LogP contribution in [0.2, 0.25) is 0 Å². The molecule has 0 aliphatic carbocycles. The largest absolute Gasteiger partial charge is 0.497 e. The van der Waals surface area contributed by atoms with Gasteiger partial charge in [0.2, 0.25) is 0 Å². The van der Waals surface area contributed by atoms with Crippen LogP contribution in [0.4, 0.5) is 8.78 Å². The minimum absolute atomic E-state index is 0.257. The summed E-state index contributed by atoms with van der Waals surface area (Å²) in [6.07, 6.45) is 0. The Balaban J connectivity index is 2.57. The molecule has 0 heterocycles. The maximum atomic E-state index is 13.9. The van der Waals surface area contributed by atoms with Gasteiger partial charge in [0.1, 0.15) is 5.75 Å². The third-order valence-corrected chi connectivity index (χ3v) is 2.92. The molecule has 100 valence electrons. The van der Waals surface area contributed by atoms with Crippen LogP contribution in [-0.2, 0) is 6.54 Å². The Morgan fingerprint density at radius 3 is 2.58 bits per heavy atom. The monoisotopic (exact) mass is 263 g/mol. The van der Waals surface area contributed by atoms with Gasteiger partial charge in [0, 0.05) is 12.1 Å². The van der Waals surface area contributed by atoms with Crippen molar-refractivity contribution < 1.29 is 13.5 Å². The number of ether oxygens (including phenoxy) is 1. The van der Waals surface area contributed by atoms with Gasteiger partial charge in [0.25, 0.3) is 0 Å². The van der Waals surface area contributed by atoms with E-state index in [0.717, 1.165) is 11.6 Å². The maximum absolute atomic E-state index is 13.9. The van der Waals surface area contributed by atoms with E-state index in [2.05, 4.69) is 5.32 Å². The first-order chi connectivity index (χ1) is 9.17. The summed E-state index contributed by atoms with van der Waals surface area (Å²) in [6.45, 7) is 0.544. The first-order valence-electron chi connectivity index (χ1n) is 5.93. The third-order valence-electron chi connectivity index (χ3n) is 2.92. The quantitative estimate of drug-likeness (QED) is 0.913. The summed E-state index contributed by atoms with van der Waals surface area (Å²) >= 11 is 0. The van der Waals surface area contributed by atoms with Gasteiger partial charge in [-0.25, -0.2) is 8.78 Å². The molecule has 4 heteroatoms. The lowest BCUT2D eigenvalue weighted by Gasteiger charge is -2.12. The highest BCUT2D eigenvalue weighted by molar-refractivity contribution is 5.69. The fourth-order valence-corrected chi connectivity index (χ4v) is 2.01. The summed E-state index contributed by atoms with van der Waals surface area (Å²) in [5, 5.41) is 3.01. The van der Waals surface area contributed by atoms with Crippen molar-refractivity contribution in [2.24, 2.45) is 0 Å². The van der Waals surface area contributed by atoms with Crippen LogP contribution >= 0.6 is 0 Å². The van der Waals surface area contributed by atoms with E-state index in [-0.39, 0.29) is 5.56 Å². The summed E-state index contributed by atoms with van der Waals surface area (Å²) in [5.41, 5.74) is 1.77. The van der Waals surface area contributed by atoms with E-state index in [9.17, 15) is 8.78 Å². The number of halogens is 2. The van der Waals surface area contributed by atoms with Gasteiger partial charge in [-0.2, -0.15) is 0 Å². The SMILES string of the molecule is CNCc1cc(OC)ccc1-c1cccc(F)c1F. The molecule has 0 aliphatic heterocycles. The van der Waals surface area contributed by atoms with Gasteiger partial charge in [-0.15, -0.1) is 0 Å². The molecule has 0 spiro atoms. The minimum atomic E-state index is -0.844. The second-order valence-electron chi connectivity index (χ2n) is 4.15. The van der Waals surface area contributed by atoms with Crippen LogP contribution in [0.1, 0.15) is 5.56 Å².